The summed E-state index contributed by atoms with van der Waals surface area (Å²) in [6, 6.07) is 6.75. The van der Waals surface area contributed by atoms with Crippen LogP contribution < -0.4 is 11.1 Å². The molecule has 112 valence electrons. The number of hydrogen-bond acceptors (Lipinski definition) is 5. The van der Waals surface area contributed by atoms with Gasteiger partial charge in [-0.25, -0.2) is 4.68 Å². The quantitative estimate of drug-likeness (QED) is 0.884. The van der Waals surface area contributed by atoms with Gasteiger partial charge in [-0.15, -0.1) is 5.10 Å². The Labute approximate surface area is 123 Å². The first-order valence-electron chi connectivity index (χ1n) is 6.68. The van der Waals surface area contributed by atoms with Gasteiger partial charge >= 0.3 is 0 Å². The number of benzene rings is 1. The molecule has 0 fully saturated rings. The molecule has 7 nitrogen and oxygen atoms in total. The van der Waals surface area contributed by atoms with E-state index >= 15 is 0 Å². The van der Waals surface area contributed by atoms with E-state index < -0.39 is 6.04 Å². The van der Waals surface area contributed by atoms with Crippen molar-refractivity contribution in [2.75, 3.05) is 5.32 Å². The molecule has 21 heavy (non-hydrogen) atoms. The number of anilines is 1. The topological polar surface area (TPSA) is 98.7 Å². The minimum Gasteiger partial charge on any atom is -0.325 e. The number of aryl methyl sites for hydroxylation is 1. The van der Waals surface area contributed by atoms with Gasteiger partial charge in [-0.3, -0.25) is 4.79 Å². The number of rotatable bonds is 3. The van der Waals surface area contributed by atoms with Crippen molar-refractivity contribution in [2.24, 2.45) is 18.2 Å². The third-order valence-electron chi connectivity index (χ3n) is 3.22. The van der Waals surface area contributed by atoms with Crippen LogP contribution in [0.2, 0.25) is 0 Å². The molecule has 1 aromatic carbocycles. The van der Waals surface area contributed by atoms with Crippen LogP contribution in [0.4, 0.5) is 5.69 Å². The molecule has 0 aliphatic heterocycles. The van der Waals surface area contributed by atoms with Gasteiger partial charge < -0.3 is 11.1 Å². The summed E-state index contributed by atoms with van der Waals surface area (Å²) < 4.78 is 1.57. The van der Waals surface area contributed by atoms with E-state index in [0.717, 1.165) is 5.56 Å². The molecular formula is C14H20N6O. The maximum absolute atomic E-state index is 12.1. The number of carbonyl (C=O) groups is 1. The normalized spacial score (nSPS) is 13.0. The number of nitrogens with zero attached hydrogens (tertiary/aromatic N) is 4. The summed E-state index contributed by atoms with van der Waals surface area (Å²) in [6.45, 7) is 5.79. The van der Waals surface area contributed by atoms with Crippen LogP contribution in [0.5, 0.6) is 0 Å². The SMILES string of the molecule is Cn1nnnc1-c1cccc(NC(=O)C(N)C(C)(C)C)c1. The van der Waals surface area contributed by atoms with Crippen LogP contribution in [0.15, 0.2) is 24.3 Å². The number of nitrogens with one attached hydrogen (secondary N) is 1. The van der Waals surface area contributed by atoms with Gasteiger partial charge in [-0.1, -0.05) is 32.9 Å². The van der Waals surface area contributed by atoms with Crippen molar-refractivity contribution in [3.8, 4) is 11.4 Å². The number of tetrazole rings is 1. The minimum absolute atomic E-state index is 0.212. The van der Waals surface area contributed by atoms with Gasteiger partial charge in [0.2, 0.25) is 5.91 Å². The summed E-state index contributed by atoms with van der Waals surface area (Å²) in [7, 11) is 1.76. The van der Waals surface area contributed by atoms with E-state index in [-0.39, 0.29) is 11.3 Å². The lowest BCUT2D eigenvalue weighted by molar-refractivity contribution is -0.119. The minimum atomic E-state index is -0.586. The number of aromatic nitrogens is 4. The molecule has 7 heteroatoms. The fourth-order valence-corrected chi connectivity index (χ4v) is 1.82. The van der Waals surface area contributed by atoms with Crippen molar-refractivity contribution in [3.63, 3.8) is 0 Å². The third-order valence-corrected chi connectivity index (χ3v) is 3.22. The van der Waals surface area contributed by atoms with Gasteiger partial charge in [0.1, 0.15) is 0 Å². The summed E-state index contributed by atoms with van der Waals surface area (Å²) in [5, 5.41) is 14.2. The second kappa shape index (κ2) is 5.61. The van der Waals surface area contributed by atoms with Crippen molar-refractivity contribution in [1.29, 1.82) is 0 Å². The van der Waals surface area contributed by atoms with E-state index in [1.165, 1.54) is 0 Å². The highest BCUT2D eigenvalue weighted by Gasteiger charge is 2.27. The van der Waals surface area contributed by atoms with E-state index in [0.29, 0.717) is 11.5 Å². The maximum atomic E-state index is 12.1. The molecule has 1 unspecified atom stereocenters. The van der Waals surface area contributed by atoms with E-state index in [1.807, 2.05) is 39.0 Å². The molecule has 2 rings (SSSR count). The lowest BCUT2D eigenvalue weighted by Gasteiger charge is -2.25. The van der Waals surface area contributed by atoms with Crippen LogP contribution >= 0.6 is 0 Å². The highest BCUT2D eigenvalue weighted by Crippen LogP contribution is 2.22. The van der Waals surface area contributed by atoms with E-state index in [4.69, 9.17) is 5.73 Å². The molecule has 0 bridgehead atoms. The Balaban J connectivity index is 2.19. The van der Waals surface area contributed by atoms with Crippen molar-refractivity contribution < 1.29 is 4.79 Å². The van der Waals surface area contributed by atoms with Crippen molar-refractivity contribution in [2.45, 2.75) is 26.8 Å². The summed E-state index contributed by atoms with van der Waals surface area (Å²) in [4.78, 5) is 12.1. The predicted octanol–water partition coefficient (Wildman–Crippen LogP) is 1.19. The van der Waals surface area contributed by atoms with Crippen LogP contribution in [-0.4, -0.2) is 32.2 Å². The van der Waals surface area contributed by atoms with Crippen molar-refractivity contribution in [1.82, 2.24) is 20.2 Å². The Hall–Kier alpha value is -2.28. The first kappa shape index (κ1) is 15.1. The van der Waals surface area contributed by atoms with Gasteiger partial charge in [0.05, 0.1) is 6.04 Å². The molecule has 1 aromatic heterocycles. The predicted molar refractivity (Wildman–Crippen MR) is 80.3 cm³/mol. The maximum Gasteiger partial charge on any atom is 0.241 e. The Bertz CT molecular complexity index is 643. The zero-order chi connectivity index (χ0) is 15.6. The summed E-state index contributed by atoms with van der Waals surface area (Å²) >= 11 is 0. The van der Waals surface area contributed by atoms with Crippen molar-refractivity contribution >= 4 is 11.6 Å². The zero-order valence-electron chi connectivity index (χ0n) is 12.7. The Morgan fingerprint density at radius 3 is 2.67 bits per heavy atom. The van der Waals surface area contributed by atoms with Gasteiger partial charge in [0.25, 0.3) is 0 Å². The van der Waals surface area contributed by atoms with Crippen LogP contribution in [0.3, 0.4) is 0 Å². The molecule has 0 saturated carbocycles. The van der Waals surface area contributed by atoms with E-state index in [2.05, 4.69) is 20.8 Å². The molecule has 1 heterocycles. The summed E-state index contributed by atoms with van der Waals surface area (Å²) in [5.41, 5.74) is 7.14. The largest absolute Gasteiger partial charge is 0.325 e. The lowest BCUT2D eigenvalue weighted by Crippen LogP contribution is -2.45. The molecule has 1 atom stereocenters. The molecule has 0 spiro atoms. The second-order valence-electron chi connectivity index (χ2n) is 6.04. The van der Waals surface area contributed by atoms with E-state index in [9.17, 15) is 4.79 Å². The fraction of sp³-hybridized carbons (Fsp3) is 0.429. The summed E-state index contributed by atoms with van der Waals surface area (Å²) in [6.07, 6.45) is 0. The van der Waals surface area contributed by atoms with Crippen LogP contribution in [-0.2, 0) is 11.8 Å². The average molecular weight is 288 g/mol. The zero-order valence-corrected chi connectivity index (χ0v) is 12.7. The fourth-order valence-electron chi connectivity index (χ4n) is 1.82. The molecule has 0 saturated heterocycles. The van der Waals surface area contributed by atoms with Gasteiger partial charge in [0.15, 0.2) is 5.82 Å². The van der Waals surface area contributed by atoms with Crippen molar-refractivity contribution in [3.05, 3.63) is 24.3 Å². The van der Waals surface area contributed by atoms with Gasteiger partial charge in [-0.2, -0.15) is 0 Å². The molecule has 0 radical (unpaired) electrons. The van der Waals surface area contributed by atoms with Gasteiger partial charge in [-0.05, 0) is 28.0 Å². The molecule has 1 amide bonds. The molecular weight excluding hydrogens is 268 g/mol. The Morgan fingerprint density at radius 1 is 1.38 bits per heavy atom. The molecule has 0 aliphatic rings. The first-order chi connectivity index (χ1) is 9.79. The highest BCUT2D eigenvalue weighted by atomic mass is 16.2. The average Bonchev–Trinajstić information content (AvgIpc) is 2.83. The number of amides is 1. The molecule has 0 aliphatic carbocycles. The Morgan fingerprint density at radius 2 is 2.10 bits per heavy atom. The highest BCUT2D eigenvalue weighted by molar-refractivity contribution is 5.95. The number of hydrogen-bond donors (Lipinski definition) is 2. The number of nitrogens with two attached hydrogens (primary N) is 1. The van der Waals surface area contributed by atoms with Crippen LogP contribution in [0.25, 0.3) is 11.4 Å². The van der Waals surface area contributed by atoms with Crippen LogP contribution in [0, 0.1) is 5.41 Å². The first-order valence-corrected chi connectivity index (χ1v) is 6.68. The lowest BCUT2D eigenvalue weighted by atomic mass is 9.87. The van der Waals surface area contributed by atoms with Gasteiger partial charge in [0, 0.05) is 18.3 Å². The second-order valence-corrected chi connectivity index (χ2v) is 6.04. The van der Waals surface area contributed by atoms with Crippen LogP contribution in [0.1, 0.15) is 20.8 Å². The standard InChI is InChI=1S/C14H20N6O/c1-14(2,3)11(15)13(21)16-10-7-5-6-9(8-10)12-17-18-19-20(12)4/h5-8,11H,15H2,1-4H3,(H,16,21). The monoisotopic (exact) mass is 288 g/mol. The molecule has 2 aromatic rings. The smallest absolute Gasteiger partial charge is 0.241 e. The molecule has 3 N–H and O–H groups in total. The van der Waals surface area contributed by atoms with E-state index in [1.54, 1.807) is 17.8 Å². The third kappa shape index (κ3) is 3.43. The summed E-state index contributed by atoms with van der Waals surface area (Å²) in [5.74, 6) is 0.418. The Kier molecular flexibility index (Phi) is 4.04. The number of carbonyl (C=O) groups excluding carboxylic acids is 1.